The molecule has 9 aromatic carbocycles. The average Bonchev–Trinajstić information content (AvgIpc) is 4.33. The molecule has 77 heavy (non-hydrogen) atoms. The van der Waals surface area contributed by atoms with Crippen LogP contribution in [-0.2, 0) is 10.8 Å². The first kappa shape index (κ1) is 46.8. The molecule has 0 radical (unpaired) electrons. The highest BCUT2D eigenvalue weighted by molar-refractivity contribution is 6.32. The van der Waals surface area contributed by atoms with E-state index in [-0.39, 0.29) is 28.4 Å². The first-order valence-corrected chi connectivity index (χ1v) is 27.2. The molecule has 0 fully saturated rings. The maximum atomic E-state index is 12.8. The van der Waals surface area contributed by atoms with Gasteiger partial charge in [0.1, 0.15) is 17.2 Å². The maximum absolute atomic E-state index is 12.8. The summed E-state index contributed by atoms with van der Waals surface area (Å²) in [5.74, 6) is 1.29. The third kappa shape index (κ3) is 6.88. The van der Waals surface area contributed by atoms with Gasteiger partial charge >= 0.3 is 0 Å². The zero-order valence-electron chi connectivity index (χ0n) is 45.4. The minimum Gasteiger partial charge on any atom is -0.507 e. The number of nitrogens with zero attached hydrogens (tertiary/aromatic N) is 5. The Kier molecular flexibility index (Phi) is 10.1. The largest absolute Gasteiger partial charge is 0.507 e. The lowest BCUT2D eigenvalue weighted by Gasteiger charge is -2.28. The van der Waals surface area contributed by atoms with Gasteiger partial charge in [0.15, 0.2) is 11.2 Å². The van der Waals surface area contributed by atoms with E-state index in [1.54, 1.807) is 0 Å². The number of benzene rings is 9. The van der Waals surface area contributed by atoms with E-state index >= 15 is 0 Å². The Balaban J connectivity index is 1.09. The molecule has 0 bridgehead atoms. The van der Waals surface area contributed by atoms with Crippen molar-refractivity contribution >= 4 is 87.9 Å². The van der Waals surface area contributed by atoms with E-state index < -0.39 is 0 Å². The number of para-hydroxylation sites is 6. The van der Waals surface area contributed by atoms with Crippen LogP contribution in [0.3, 0.4) is 0 Å². The Labute approximate surface area is 447 Å². The van der Waals surface area contributed by atoms with E-state index in [4.69, 9.17) is 14.4 Å². The summed E-state index contributed by atoms with van der Waals surface area (Å²) in [6.45, 7) is 22.5. The van der Waals surface area contributed by atoms with Crippen LogP contribution in [0.5, 0.6) is 5.75 Å². The molecule has 7 heteroatoms. The van der Waals surface area contributed by atoms with Crippen molar-refractivity contribution in [1.29, 1.82) is 0 Å². The van der Waals surface area contributed by atoms with Crippen LogP contribution >= 0.6 is 0 Å². The van der Waals surface area contributed by atoms with Gasteiger partial charge in [0.05, 0.1) is 55.4 Å². The van der Waals surface area contributed by atoms with Crippen LogP contribution in [0.4, 0.5) is 0 Å². The van der Waals surface area contributed by atoms with Gasteiger partial charge in [-0.3, -0.25) is 8.97 Å². The Bertz CT molecular complexity index is 4750. The fourth-order valence-corrected chi connectivity index (χ4v) is 12.5. The second-order valence-corrected chi connectivity index (χ2v) is 23.9. The van der Waals surface area contributed by atoms with Gasteiger partial charge in [-0.05, 0) is 117 Å². The average molecular weight is 1000 g/mol. The second-order valence-electron chi connectivity index (χ2n) is 23.9. The fourth-order valence-electron chi connectivity index (χ4n) is 12.5. The highest BCUT2D eigenvalue weighted by atomic mass is 16.3. The van der Waals surface area contributed by atoms with Crippen LogP contribution < -0.4 is 0 Å². The van der Waals surface area contributed by atoms with E-state index in [1.807, 2.05) is 6.07 Å². The molecular weight excluding hydrogens is 943 g/mol. The van der Waals surface area contributed by atoms with E-state index in [0.717, 1.165) is 111 Å². The molecule has 1 N–H and O–H groups in total. The number of phenolic OH excluding ortho intramolecular Hbond substituents is 1. The van der Waals surface area contributed by atoms with E-state index in [9.17, 15) is 5.11 Å². The van der Waals surface area contributed by atoms with Crippen LogP contribution in [0.25, 0.3) is 127 Å². The quantitative estimate of drug-likeness (QED) is 0.133. The number of pyridine rings is 1. The fraction of sp³-hybridized carbons (Fsp3) is 0.200. The molecule has 5 heterocycles. The number of hydrogen-bond donors (Lipinski definition) is 1. The zero-order chi connectivity index (χ0) is 53.0. The highest BCUT2D eigenvalue weighted by Gasteiger charge is 2.31. The van der Waals surface area contributed by atoms with Crippen molar-refractivity contribution in [3.63, 3.8) is 0 Å². The Morgan fingerprint density at radius 2 is 1.08 bits per heavy atom. The molecule has 7 nitrogen and oxygen atoms in total. The molecule has 0 saturated carbocycles. The van der Waals surface area contributed by atoms with Crippen LogP contribution in [0.2, 0.25) is 0 Å². The molecular formula is C70H61N5O2. The summed E-state index contributed by atoms with van der Waals surface area (Å²) in [6.07, 6.45) is 0. The van der Waals surface area contributed by atoms with Gasteiger partial charge in [0.25, 0.3) is 0 Å². The molecule has 14 rings (SSSR count). The predicted molar refractivity (Wildman–Crippen MR) is 322 cm³/mol. The van der Waals surface area contributed by atoms with Gasteiger partial charge in [0, 0.05) is 43.6 Å². The van der Waals surface area contributed by atoms with Crippen LogP contribution in [-0.4, -0.2) is 28.4 Å². The van der Waals surface area contributed by atoms with Crippen LogP contribution in [0.1, 0.15) is 103 Å². The molecule has 0 amide bonds. The van der Waals surface area contributed by atoms with E-state index in [0.29, 0.717) is 5.82 Å². The van der Waals surface area contributed by atoms with Gasteiger partial charge in [-0.1, -0.05) is 172 Å². The number of fused-ring (bicyclic) bond motifs is 15. The molecule has 0 aliphatic carbocycles. The minimum atomic E-state index is -0.348. The topological polar surface area (TPSA) is 72.9 Å². The smallest absolute Gasteiger partial charge is 0.152 e. The number of phenols is 1. The lowest BCUT2D eigenvalue weighted by atomic mass is 9.78. The van der Waals surface area contributed by atoms with Crippen LogP contribution in [0, 0.1) is 0 Å². The predicted octanol–water partition coefficient (Wildman–Crippen LogP) is 19.0. The lowest BCUT2D eigenvalue weighted by molar-refractivity contribution is 0.446. The highest BCUT2D eigenvalue weighted by Crippen LogP contribution is 2.49. The maximum Gasteiger partial charge on any atom is 0.152 e. The Hall–Kier alpha value is -8.68. The van der Waals surface area contributed by atoms with Crippen molar-refractivity contribution in [2.75, 3.05) is 0 Å². The SMILES string of the molecule is CC(C)c1cc(-c2ccccc2)cc(C(C)C)c1-n1c(-c2cc(C(C)(C)C)cc(C(C)(C)C)c2O)nc2c(-c3cccc4c3nc3c5ccc6c(c7cccc8oc9ccccc9n6c87)c5c5ccccc5n43)cccc21. The summed E-state index contributed by atoms with van der Waals surface area (Å²) in [4.78, 5) is 11.6. The van der Waals surface area contributed by atoms with E-state index in [2.05, 4.69) is 246 Å². The number of aromatic nitrogens is 5. The summed E-state index contributed by atoms with van der Waals surface area (Å²) >= 11 is 0. The summed E-state index contributed by atoms with van der Waals surface area (Å²) in [5, 5.41) is 18.5. The monoisotopic (exact) mass is 1000 g/mol. The van der Waals surface area contributed by atoms with Gasteiger partial charge in [-0.15, -0.1) is 0 Å². The molecule has 0 saturated heterocycles. The third-order valence-corrected chi connectivity index (χ3v) is 16.3. The van der Waals surface area contributed by atoms with Crippen molar-refractivity contribution in [3.8, 4) is 45.1 Å². The van der Waals surface area contributed by atoms with Gasteiger partial charge in [0.2, 0.25) is 0 Å². The Morgan fingerprint density at radius 1 is 0.468 bits per heavy atom. The summed E-state index contributed by atoms with van der Waals surface area (Å²) in [6, 6.07) is 61.1. The molecule has 14 aromatic rings. The number of rotatable bonds is 6. The standard InChI is InChI=1S/C70H61N5O2/c1-39(2)49-35-42(41-21-12-11-13-22-41)36-50(40(3)4)64(49)75-57-30-19-25-45(63(57)72-68(75)51-37-43(69(5,6)7)38-52(66(51)76)70(8,9)10)44-24-18-29-56-62(44)71-67-48-33-34-55-61(60(48)46-23-14-15-27-53(46)74(56)67)47-26-20-32-59-65(47)73(55)54-28-16-17-31-58(54)77-59/h11-40,76H,1-10H3. The molecule has 0 atom stereocenters. The van der Waals surface area contributed by atoms with Crippen LogP contribution in [0.15, 0.2) is 174 Å². The van der Waals surface area contributed by atoms with Gasteiger partial charge < -0.3 is 13.9 Å². The molecule has 5 aromatic heterocycles. The number of aromatic hydroxyl groups is 1. The second kappa shape index (κ2) is 16.7. The summed E-state index contributed by atoms with van der Waals surface area (Å²) < 4.78 is 13.7. The number of hydrogen-bond acceptors (Lipinski definition) is 4. The van der Waals surface area contributed by atoms with E-state index in [1.165, 1.54) is 33.0 Å². The number of imidazole rings is 2. The van der Waals surface area contributed by atoms with Crippen molar-refractivity contribution < 1.29 is 9.52 Å². The molecule has 378 valence electrons. The first-order valence-electron chi connectivity index (χ1n) is 27.2. The third-order valence-electron chi connectivity index (χ3n) is 16.3. The van der Waals surface area contributed by atoms with Crippen molar-refractivity contribution in [2.24, 2.45) is 0 Å². The molecule has 0 aliphatic heterocycles. The minimum absolute atomic E-state index is 0.159. The molecule has 0 spiro atoms. The summed E-state index contributed by atoms with van der Waals surface area (Å²) in [5.41, 5.74) is 20.7. The molecule has 0 unspecified atom stereocenters. The van der Waals surface area contributed by atoms with Crippen molar-refractivity contribution in [3.05, 3.63) is 192 Å². The van der Waals surface area contributed by atoms with Crippen molar-refractivity contribution in [2.45, 2.75) is 91.9 Å². The van der Waals surface area contributed by atoms with Gasteiger partial charge in [-0.25, -0.2) is 9.97 Å². The summed E-state index contributed by atoms with van der Waals surface area (Å²) in [7, 11) is 0. The zero-order valence-corrected chi connectivity index (χ0v) is 45.4. The lowest BCUT2D eigenvalue weighted by Crippen LogP contribution is -2.17. The first-order chi connectivity index (χ1) is 37.1. The van der Waals surface area contributed by atoms with Gasteiger partial charge in [-0.2, -0.15) is 0 Å². The Morgan fingerprint density at radius 3 is 1.78 bits per heavy atom. The van der Waals surface area contributed by atoms with Crippen molar-refractivity contribution in [1.82, 2.24) is 23.3 Å². The normalized spacial score (nSPS) is 12.8. The molecule has 0 aliphatic rings.